The first-order chi connectivity index (χ1) is 6.36. The minimum absolute atomic E-state index is 0.825. The van der Waals surface area contributed by atoms with Crippen LogP contribution in [0.25, 0.3) is 0 Å². The predicted octanol–water partition coefficient (Wildman–Crippen LogP) is 3.76. The van der Waals surface area contributed by atoms with Gasteiger partial charge in [0.2, 0.25) is 5.67 Å². The van der Waals surface area contributed by atoms with E-state index in [4.69, 9.17) is 0 Å². The molecule has 0 aliphatic heterocycles. The van der Waals surface area contributed by atoms with E-state index in [2.05, 4.69) is 0 Å². The highest BCUT2D eigenvalue weighted by molar-refractivity contribution is 5.38. The van der Waals surface area contributed by atoms with Crippen molar-refractivity contribution in [3.05, 3.63) is 23.3 Å². The molecular formula is C8H6F6. The number of allylic oxidation sites excluding steroid dienone is 4. The fourth-order valence-electron chi connectivity index (χ4n) is 1.14. The molecule has 0 saturated carbocycles. The number of hydrogen-bond acceptors (Lipinski definition) is 0. The van der Waals surface area contributed by atoms with Gasteiger partial charge >= 0.3 is 0 Å². The van der Waals surface area contributed by atoms with Crippen LogP contribution >= 0.6 is 0 Å². The Morgan fingerprint density at radius 2 is 1.64 bits per heavy atom. The Bertz CT molecular complexity index is 318. The normalized spacial score (nSPS) is 34.1. The Kier molecular flexibility index (Phi) is 2.65. The van der Waals surface area contributed by atoms with Crippen LogP contribution < -0.4 is 0 Å². The van der Waals surface area contributed by atoms with Crippen molar-refractivity contribution in [3.63, 3.8) is 0 Å². The molecule has 0 aromatic rings. The molecule has 0 nitrogen and oxygen atoms in total. The van der Waals surface area contributed by atoms with E-state index < -0.39 is 41.6 Å². The molecule has 0 N–H and O–H groups in total. The lowest BCUT2D eigenvalue weighted by Crippen LogP contribution is -2.39. The van der Waals surface area contributed by atoms with Crippen molar-refractivity contribution in [1.29, 1.82) is 0 Å². The van der Waals surface area contributed by atoms with Crippen molar-refractivity contribution >= 4 is 0 Å². The zero-order valence-corrected chi connectivity index (χ0v) is 7.05. The van der Waals surface area contributed by atoms with Crippen molar-refractivity contribution in [2.24, 2.45) is 0 Å². The molecule has 1 rings (SSSR count). The van der Waals surface area contributed by atoms with Gasteiger partial charge in [-0.1, -0.05) is 6.92 Å². The van der Waals surface area contributed by atoms with Gasteiger partial charge in [0.1, 0.15) is 0 Å². The second-order valence-corrected chi connectivity index (χ2v) is 2.87. The summed E-state index contributed by atoms with van der Waals surface area (Å²) in [4.78, 5) is 0. The fraction of sp³-hybridized carbons (Fsp3) is 0.500. The van der Waals surface area contributed by atoms with E-state index in [0.717, 1.165) is 6.92 Å². The van der Waals surface area contributed by atoms with Gasteiger partial charge in [-0.25, -0.2) is 26.3 Å². The molecule has 0 bridgehead atoms. The lowest BCUT2D eigenvalue weighted by molar-refractivity contribution is 0.0532. The molecule has 1 aliphatic carbocycles. The van der Waals surface area contributed by atoms with E-state index in [1.807, 2.05) is 0 Å². The van der Waals surface area contributed by atoms with Crippen molar-refractivity contribution in [2.75, 3.05) is 0 Å². The van der Waals surface area contributed by atoms with E-state index >= 15 is 0 Å². The minimum Gasteiger partial charge on any atom is -0.236 e. The Morgan fingerprint density at radius 1 is 1.14 bits per heavy atom. The summed E-state index contributed by atoms with van der Waals surface area (Å²) in [5.74, 6) is -9.09. The molecule has 6 heteroatoms. The average molecular weight is 216 g/mol. The third kappa shape index (κ3) is 1.24. The van der Waals surface area contributed by atoms with E-state index in [-0.39, 0.29) is 0 Å². The summed E-state index contributed by atoms with van der Waals surface area (Å²) in [5, 5.41) is 0. The lowest BCUT2D eigenvalue weighted by atomic mass is 9.89. The van der Waals surface area contributed by atoms with E-state index in [9.17, 15) is 26.3 Å². The predicted molar refractivity (Wildman–Crippen MR) is 37.5 cm³/mol. The largest absolute Gasteiger partial charge is 0.236 e. The standard InChI is InChI=1S/C8H6F6/c1-2-8(14)6(12)4(10)3(9)5(11)7(8)13/h6H,2H2,1H3. The quantitative estimate of drug-likeness (QED) is 0.585. The van der Waals surface area contributed by atoms with E-state index in [1.165, 1.54) is 0 Å². The number of hydrogen-bond donors (Lipinski definition) is 0. The summed E-state index contributed by atoms with van der Waals surface area (Å²) in [7, 11) is 0. The van der Waals surface area contributed by atoms with E-state index in [1.54, 1.807) is 0 Å². The van der Waals surface area contributed by atoms with Crippen molar-refractivity contribution in [1.82, 2.24) is 0 Å². The Balaban J connectivity index is 3.33. The first-order valence-electron chi connectivity index (χ1n) is 3.80. The summed E-state index contributed by atoms with van der Waals surface area (Å²) in [6, 6.07) is 0. The number of alkyl halides is 2. The Labute approximate surface area is 75.9 Å². The first-order valence-corrected chi connectivity index (χ1v) is 3.80. The van der Waals surface area contributed by atoms with Gasteiger partial charge in [-0.15, -0.1) is 0 Å². The van der Waals surface area contributed by atoms with Crippen molar-refractivity contribution in [2.45, 2.75) is 25.2 Å². The molecule has 0 heterocycles. The summed E-state index contributed by atoms with van der Waals surface area (Å²) in [5.41, 5.74) is -3.44. The molecule has 80 valence electrons. The van der Waals surface area contributed by atoms with Crippen LogP contribution in [0.2, 0.25) is 0 Å². The molecular weight excluding hydrogens is 210 g/mol. The zero-order valence-electron chi connectivity index (χ0n) is 7.05. The molecule has 2 atom stereocenters. The monoisotopic (exact) mass is 216 g/mol. The molecule has 0 fully saturated rings. The molecule has 2 unspecified atom stereocenters. The highest BCUT2D eigenvalue weighted by Gasteiger charge is 2.52. The SMILES string of the molecule is CCC1(F)C(F)=C(F)C(F)=C(F)C1F. The maximum absolute atomic E-state index is 13.3. The third-order valence-electron chi connectivity index (χ3n) is 2.10. The number of halogens is 6. The van der Waals surface area contributed by atoms with Crippen LogP contribution in [-0.4, -0.2) is 11.8 Å². The Morgan fingerprint density at radius 3 is 2.07 bits per heavy atom. The number of rotatable bonds is 1. The topological polar surface area (TPSA) is 0 Å². The molecule has 0 saturated heterocycles. The van der Waals surface area contributed by atoms with Crippen LogP contribution in [0.5, 0.6) is 0 Å². The van der Waals surface area contributed by atoms with Crippen LogP contribution in [0.4, 0.5) is 26.3 Å². The maximum atomic E-state index is 13.3. The highest BCUT2D eigenvalue weighted by Crippen LogP contribution is 2.45. The van der Waals surface area contributed by atoms with Gasteiger partial charge in [-0.05, 0) is 6.42 Å². The highest BCUT2D eigenvalue weighted by atomic mass is 19.2. The van der Waals surface area contributed by atoms with Crippen LogP contribution in [0.3, 0.4) is 0 Å². The molecule has 0 amide bonds. The van der Waals surface area contributed by atoms with Gasteiger partial charge in [0.25, 0.3) is 0 Å². The molecule has 0 aromatic heterocycles. The maximum Gasteiger partial charge on any atom is 0.202 e. The summed E-state index contributed by atoms with van der Waals surface area (Å²) < 4.78 is 76.2. The Hall–Kier alpha value is -0.940. The first kappa shape index (κ1) is 11.1. The van der Waals surface area contributed by atoms with Crippen molar-refractivity contribution < 1.29 is 26.3 Å². The molecule has 0 spiro atoms. The average Bonchev–Trinajstić information content (AvgIpc) is 2.21. The van der Waals surface area contributed by atoms with Crippen LogP contribution in [0.15, 0.2) is 23.3 Å². The zero-order chi connectivity index (χ0) is 11.1. The third-order valence-corrected chi connectivity index (χ3v) is 2.10. The summed E-state index contributed by atoms with van der Waals surface area (Å²) in [6.07, 6.45) is -3.96. The second kappa shape index (κ2) is 3.33. The van der Waals surface area contributed by atoms with Gasteiger partial charge in [-0.2, -0.15) is 0 Å². The van der Waals surface area contributed by atoms with Gasteiger partial charge in [-0.3, -0.25) is 0 Å². The van der Waals surface area contributed by atoms with Crippen LogP contribution in [0, 0.1) is 0 Å². The summed E-state index contributed by atoms with van der Waals surface area (Å²) >= 11 is 0. The molecule has 1 aliphatic rings. The van der Waals surface area contributed by atoms with Gasteiger partial charge in [0.15, 0.2) is 29.5 Å². The second-order valence-electron chi connectivity index (χ2n) is 2.87. The fourth-order valence-corrected chi connectivity index (χ4v) is 1.14. The lowest BCUT2D eigenvalue weighted by Gasteiger charge is -2.28. The summed E-state index contributed by atoms with van der Waals surface area (Å²) in [6.45, 7) is 0.996. The van der Waals surface area contributed by atoms with Gasteiger partial charge in [0.05, 0.1) is 0 Å². The van der Waals surface area contributed by atoms with Crippen LogP contribution in [-0.2, 0) is 0 Å². The minimum atomic E-state index is -3.44. The molecule has 0 aromatic carbocycles. The van der Waals surface area contributed by atoms with Crippen LogP contribution in [0.1, 0.15) is 13.3 Å². The smallest absolute Gasteiger partial charge is 0.202 e. The van der Waals surface area contributed by atoms with Gasteiger partial charge < -0.3 is 0 Å². The van der Waals surface area contributed by atoms with Crippen molar-refractivity contribution in [3.8, 4) is 0 Å². The molecule has 14 heavy (non-hydrogen) atoms. The molecule has 0 radical (unpaired) electrons. The van der Waals surface area contributed by atoms with E-state index in [0.29, 0.717) is 0 Å². The van der Waals surface area contributed by atoms with Gasteiger partial charge in [0, 0.05) is 0 Å².